The summed E-state index contributed by atoms with van der Waals surface area (Å²) in [5, 5.41) is 0. The first-order chi connectivity index (χ1) is 9.38. The molecule has 0 nitrogen and oxygen atoms in total. The molecule has 0 amide bonds. The second kappa shape index (κ2) is 11.5. The van der Waals surface area contributed by atoms with Gasteiger partial charge in [0, 0.05) is 0 Å². The molecular weight excluding hydrogens is 228 g/mol. The van der Waals surface area contributed by atoms with Crippen LogP contribution in [0, 0.1) is 0 Å². The predicted octanol–water partition coefficient (Wildman–Crippen LogP) is 6.37. The van der Waals surface area contributed by atoms with Gasteiger partial charge in [0.1, 0.15) is 0 Å². The van der Waals surface area contributed by atoms with Gasteiger partial charge < -0.3 is 0 Å². The van der Waals surface area contributed by atoms with Crippen LogP contribution >= 0.6 is 0 Å². The summed E-state index contributed by atoms with van der Waals surface area (Å²) in [6, 6.07) is 8.60. The standard InChI is InChI=1S/C15H16.2C2H6/c1-13-9-5-3-2-4-6-10-14-11-7-8-12-15(13)14;2*1-2/h2-3,5-13H,4H2,1H3;2*1-2H3/b3-2-,9-5-,10-6-;;. The Morgan fingerprint density at radius 3 is 2.32 bits per heavy atom. The lowest BCUT2D eigenvalue weighted by Gasteiger charge is -2.10. The Bertz CT molecular complexity index is 408. The van der Waals surface area contributed by atoms with E-state index in [0.717, 1.165) is 6.42 Å². The molecule has 0 heterocycles. The van der Waals surface area contributed by atoms with E-state index in [1.807, 2.05) is 27.7 Å². The van der Waals surface area contributed by atoms with Crippen molar-refractivity contribution < 1.29 is 0 Å². The Labute approximate surface area is 119 Å². The zero-order chi connectivity index (χ0) is 14.5. The van der Waals surface area contributed by atoms with E-state index < -0.39 is 0 Å². The lowest BCUT2D eigenvalue weighted by Crippen LogP contribution is -1.92. The van der Waals surface area contributed by atoms with Gasteiger partial charge in [0.25, 0.3) is 0 Å². The van der Waals surface area contributed by atoms with E-state index in [1.165, 1.54) is 11.1 Å². The molecule has 0 spiro atoms. The molecule has 0 aliphatic heterocycles. The zero-order valence-corrected chi connectivity index (χ0v) is 13.1. The van der Waals surface area contributed by atoms with Crippen molar-refractivity contribution in [2.24, 2.45) is 0 Å². The fraction of sp³-hybridized carbons (Fsp3) is 0.368. The fourth-order valence-corrected chi connectivity index (χ4v) is 1.84. The number of hydrogen-bond acceptors (Lipinski definition) is 0. The second-order valence-electron chi connectivity index (χ2n) is 3.87. The molecule has 19 heavy (non-hydrogen) atoms. The molecule has 1 aromatic carbocycles. The maximum atomic E-state index is 2.24. The van der Waals surface area contributed by atoms with Crippen LogP contribution in [-0.2, 0) is 0 Å². The first-order valence-corrected chi connectivity index (χ1v) is 7.47. The van der Waals surface area contributed by atoms with Crippen LogP contribution in [0.3, 0.4) is 0 Å². The highest BCUT2D eigenvalue weighted by Crippen LogP contribution is 2.22. The second-order valence-corrected chi connectivity index (χ2v) is 3.87. The molecule has 104 valence electrons. The van der Waals surface area contributed by atoms with Crippen LogP contribution in [0.5, 0.6) is 0 Å². The van der Waals surface area contributed by atoms with Gasteiger partial charge in [0.05, 0.1) is 0 Å². The summed E-state index contributed by atoms with van der Waals surface area (Å²) in [7, 11) is 0. The van der Waals surface area contributed by atoms with Gasteiger partial charge in [-0.1, -0.05) is 95.3 Å². The largest absolute Gasteiger partial charge is 0.0807 e. The Balaban J connectivity index is 0.000000741. The zero-order valence-electron chi connectivity index (χ0n) is 13.1. The minimum absolute atomic E-state index is 0.480. The van der Waals surface area contributed by atoms with E-state index >= 15 is 0 Å². The van der Waals surface area contributed by atoms with E-state index in [2.05, 4.69) is 67.6 Å². The van der Waals surface area contributed by atoms with Gasteiger partial charge >= 0.3 is 0 Å². The Kier molecular flexibility index (Phi) is 10.6. The summed E-state index contributed by atoms with van der Waals surface area (Å²) in [5.74, 6) is 0.480. The van der Waals surface area contributed by atoms with Crippen molar-refractivity contribution in [1.29, 1.82) is 0 Å². The minimum Gasteiger partial charge on any atom is -0.0807 e. The van der Waals surface area contributed by atoms with Gasteiger partial charge in [0.15, 0.2) is 0 Å². The van der Waals surface area contributed by atoms with Crippen molar-refractivity contribution in [3.63, 3.8) is 0 Å². The summed E-state index contributed by atoms with van der Waals surface area (Å²) >= 11 is 0. The number of benzene rings is 1. The van der Waals surface area contributed by atoms with E-state index in [9.17, 15) is 0 Å². The Morgan fingerprint density at radius 2 is 1.58 bits per heavy atom. The van der Waals surface area contributed by atoms with Crippen LogP contribution in [0.4, 0.5) is 0 Å². The molecule has 0 fully saturated rings. The molecule has 1 aliphatic carbocycles. The van der Waals surface area contributed by atoms with Gasteiger partial charge in [-0.2, -0.15) is 0 Å². The monoisotopic (exact) mass is 256 g/mol. The summed E-state index contributed by atoms with van der Waals surface area (Å²) in [5.41, 5.74) is 2.74. The lowest BCUT2D eigenvalue weighted by atomic mass is 9.94. The maximum Gasteiger partial charge on any atom is -0.000139 e. The van der Waals surface area contributed by atoms with Crippen molar-refractivity contribution in [3.05, 3.63) is 65.8 Å². The number of hydrogen-bond donors (Lipinski definition) is 0. The van der Waals surface area contributed by atoms with Gasteiger partial charge in [-0.25, -0.2) is 0 Å². The Morgan fingerprint density at radius 1 is 0.895 bits per heavy atom. The topological polar surface area (TPSA) is 0 Å². The van der Waals surface area contributed by atoms with Crippen LogP contribution in [-0.4, -0.2) is 0 Å². The van der Waals surface area contributed by atoms with Crippen LogP contribution in [0.1, 0.15) is 58.1 Å². The third kappa shape index (κ3) is 6.24. The predicted molar refractivity (Wildman–Crippen MR) is 89.5 cm³/mol. The van der Waals surface area contributed by atoms with Crippen molar-refractivity contribution in [2.45, 2.75) is 47.0 Å². The van der Waals surface area contributed by atoms with Crippen LogP contribution in [0.2, 0.25) is 0 Å². The van der Waals surface area contributed by atoms with Crippen molar-refractivity contribution in [2.75, 3.05) is 0 Å². The molecule has 1 aromatic rings. The molecule has 0 saturated carbocycles. The summed E-state index contributed by atoms with van der Waals surface area (Å²) in [6.45, 7) is 10.2. The van der Waals surface area contributed by atoms with Crippen molar-refractivity contribution in [3.8, 4) is 0 Å². The molecular formula is C19H28. The summed E-state index contributed by atoms with van der Waals surface area (Å²) < 4.78 is 0. The molecule has 0 N–H and O–H groups in total. The number of allylic oxidation sites excluding steroid dienone is 5. The molecule has 1 unspecified atom stereocenters. The van der Waals surface area contributed by atoms with Gasteiger partial charge in [-0.05, 0) is 23.5 Å². The quantitative estimate of drug-likeness (QED) is 0.506. The third-order valence-electron chi connectivity index (χ3n) is 2.70. The molecule has 1 aliphatic rings. The molecule has 0 aromatic heterocycles. The molecule has 0 radical (unpaired) electrons. The molecule has 1 atom stereocenters. The average molecular weight is 256 g/mol. The van der Waals surface area contributed by atoms with E-state index in [4.69, 9.17) is 0 Å². The first kappa shape index (κ1) is 17.4. The number of rotatable bonds is 0. The molecule has 0 saturated heterocycles. The minimum atomic E-state index is 0.480. The highest BCUT2D eigenvalue weighted by molar-refractivity contribution is 5.55. The Hall–Kier alpha value is -1.56. The third-order valence-corrected chi connectivity index (χ3v) is 2.70. The summed E-state index contributed by atoms with van der Waals surface area (Å²) in [4.78, 5) is 0. The highest BCUT2D eigenvalue weighted by Gasteiger charge is 2.04. The number of fused-ring (bicyclic) bond motifs is 1. The lowest BCUT2D eigenvalue weighted by molar-refractivity contribution is 0.963. The van der Waals surface area contributed by atoms with Crippen LogP contribution in [0.25, 0.3) is 6.08 Å². The first-order valence-electron chi connectivity index (χ1n) is 7.47. The van der Waals surface area contributed by atoms with Gasteiger partial charge in [-0.3, -0.25) is 0 Å². The normalized spacial score (nSPS) is 21.4. The average Bonchev–Trinajstić information content (AvgIpc) is 2.50. The van der Waals surface area contributed by atoms with E-state index in [0.29, 0.717) is 5.92 Å². The molecule has 0 heteroatoms. The van der Waals surface area contributed by atoms with Crippen molar-refractivity contribution >= 4 is 6.08 Å². The van der Waals surface area contributed by atoms with Gasteiger partial charge in [0.2, 0.25) is 0 Å². The molecule has 0 bridgehead atoms. The van der Waals surface area contributed by atoms with E-state index in [-0.39, 0.29) is 0 Å². The summed E-state index contributed by atoms with van der Waals surface area (Å²) in [6.07, 6.45) is 14.1. The smallest absolute Gasteiger partial charge is 0.000139 e. The van der Waals surface area contributed by atoms with Crippen molar-refractivity contribution in [1.82, 2.24) is 0 Å². The van der Waals surface area contributed by atoms with Crippen LogP contribution in [0.15, 0.2) is 54.6 Å². The van der Waals surface area contributed by atoms with E-state index in [1.54, 1.807) is 0 Å². The highest BCUT2D eigenvalue weighted by atomic mass is 14.1. The SMILES string of the molecule is CC.CC.CC1/C=C\C=C/C/C=C\c2ccccc21. The van der Waals surface area contributed by atoms with Crippen LogP contribution < -0.4 is 0 Å². The molecule has 2 rings (SSSR count). The van der Waals surface area contributed by atoms with Gasteiger partial charge in [-0.15, -0.1) is 0 Å². The fourth-order valence-electron chi connectivity index (χ4n) is 1.84. The maximum absolute atomic E-state index is 2.24.